The Morgan fingerprint density at radius 2 is 1.66 bits per heavy atom. The third-order valence-corrected chi connectivity index (χ3v) is 8.55. The van der Waals surface area contributed by atoms with Crippen molar-refractivity contribution in [2.24, 2.45) is 5.92 Å². The van der Waals surface area contributed by atoms with Gasteiger partial charge in [0.2, 0.25) is 5.91 Å². The summed E-state index contributed by atoms with van der Waals surface area (Å²) in [6.45, 7) is 5.15. The summed E-state index contributed by atoms with van der Waals surface area (Å²) in [4.78, 5) is 57.2. The Labute approximate surface area is 251 Å². The Balaban J connectivity index is 1.31. The van der Waals surface area contributed by atoms with Crippen molar-refractivity contribution in [2.45, 2.75) is 50.5 Å². The lowest BCUT2D eigenvalue weighted by Crippen LogP contribution is -2.60. The van der Waals surface area contributed by atoms with E-state index in [0.29, 0.717) is 29.9 Å². The number of anilines is 2. The van der Waals surface area contributed by atoms with Crippen LogP contribution in [0.5, 0.6) is 0 Å². The second-order valence-corrected chi connectivity index (χ2v) is 11.8. The van der Waals surface area contributed by atoms with Crippen molar-refractivity contribution in [2.75, 3.05) is 43.4 Å². The minimum absolute atomic E-state index is 0.0769. The fourth-order valence-corrected chi connectivity index (χ4v) is 5.86. The van der Waals surface area contributed by atoms with Gasteiger partial charge < -0.3 is 20.9 Å². The number of nitrogens with one attached hydrogen (secondary N) is 3. The van der Waals surface area contributed by atoms with Crippen molar-refractivity contribution in [3.8, 4) is 0 Å². The van der Waals surface area contributed by atoms with Crippen LogP contribution in [0.1, 0.15) is 42.6 Å². The zero-order chi connectivity index (χ0) is 32.0. The monoisotopic (exact) mass is 618 g/mol. The standard InChI is InChI=1S/C30H34F4N6O4/c1-17(2)24(37-25(41)22-14-18(30(32,33)34)4-9-23(22)31)26(42)39-12-10-29(11-13-39)27(43)38(3)28(44)40(29)21-7-5-19(6-8-21)36-20-15-35-16-20/h4-9,14,17,20,24,35-36H,10-13,15-16H2,1-3H3,(H,37,41). The number of urea groups is 1. The number of hydrogen-bond acceptors (Lipinski definition) is 6. The van der Waals surface area contributed by atoms with Crippen molar-refractivity contribution in [1.82, 2.24) is 20.4 Å². The van der Waals surface area contributed by atoms with Crippen molar-refractivity contribution < 1.29 is 36.7 Å². The number of alkyl halides is 3. The first kappa shape index (κ1) is 31.2. The van der Waals surface area contributed by atoms with Gasteiger partial charge in [-0.15, -0.1) is 0 Å². The third kappa shape index (κ3) is 5.70. The van der Waals surface area contributed by atoms with E-state index in [0.717, 1.165) is 23.7 Å². The highest BCUT2D eigenvalue weighted by molar-refractivity contribution is 6.16. The lowest BCUT2D eigenvalue weighted by molar-refractivity contribution is -0.139. The van der Waals surface area contributed by atoms with E-state index in [2.05, 4.69) is 16.0 Å². The summed E-state index contributed by atoms with van der Waals surface area (Å²) in [6, 6.07) is 7.42. The molecular formula is C30H34F4N6O4. The lowest BCUT2D eigenvalue weighted by atomic mass is 9.85. The summed E-state index contributed by atoms with van der Waals surface area (Å²) in [5.41, 5.74) is -1.81. The predicted octanol–water partition coefficient (Wildman–Crippen LogP) is 3.44. The Bertz CT molecular complexity index is 1450. The van der Waals surface area contributed by atoms with Gasteiger partial charge in [0, 0.05) is 44.6 Å². The zero-order valence-corrected chi connectivity index (χ0v) is 24.5. The molecule has 14 heteroatoms. The molecule has 236 valence electrons. The summed E-state index contributed by atoms with van der Waals surface area (Å²) >= 11 is 0. The number of carbonyl (C=O) groups excluding carboxylic acids is 4. The van der Waals surface area contributed by atoms with E-state index >= 15 is 0 Å². The first-order chi connectivity index (χ1) is 20.7. The summed E-state index contributed by atoms with van der Waals surface area (Å²) < 4.78 is 53.9. The highest BCUT2D eigenvalue weighted by Crippen LogP contribution is 2.40. The Morgan fingerprint density at radius 1 is 1.02 bits per heavy atom. The molecule has 2 aromatic carbocycles. The van der Waals surface area contributed by atoms with E-state index in [1.54, 1.807) is 26.0 Å². The maximum absolute atomic E-state index is 14.4. The first-order valence-corrected chi connectivity index (χ1v) is 14.4. The minimum Gasteiger partial charge on any atom is -0.380 e. The van der Waals surface area contributed by atoms with E-state index in [1.807, 2.05) is 12.1 Å². The molecule has 1 atom stereocenters. The van der Waals surface area contributed by atoms with Gasteiger partial charge in [-0.05, 0) is 61.2 Å². The number of likely N-dealkylation sites (tertiary alicyclic amines) is 1. The summed E-state index contributed by atoms with van der Waals surface area (Å²) in [5, 5.41) is 8.97. The van der Waals surface area contributed by atoms with Crippen LogP contribution in [0.3, 0.4) is 0 Å². The summed E-state index contributed by atoms with van der Waals surface area (Å²) in [7, 11) is 1.42. The van der Waals surface area contributed by atoms with Crippen LogP contribution in [-0.2, 0) is 15.8 Å². The smallest absolute Gasteiger partial charge is 0.380 e. The normalized spacial score (nSPS) is 19.4. The zero-order valence-electron chi connectivity index (χ0n) is 24.5. The molecule has 3 aliphatic rings. The second kappa shape index (κ2) is 11.7. The molecule has 3 N–H and O–H groups in total. The van der Waals surface area contributed by atoms with Gasteiger partial charge in [0.1, 0.15) is 17.4 Å². The van der Waals surface area contributed by atoms with Crippen LogP contribution >= 0.6 is 0 Å². The van der Waals surface area contributed by atoms with E-state index in [1.165, 1.54) is 16.8 Å². The number of likely N-dealkylation sites (N-methyl/N-ethyl adjacent to an activating group) is 1. The predicted molar refractivity (Wildman–Crippen MR) is 153 cm³/mol. The number of rotatable bonds is 7. The topological polar surface area (TPSA) is 114 Å². The van der Waals surface area contributed by atoms with Crippen LogP contribution in [0.2, 0.25) is 0 Å². The van der Waals surface area contributed by atoms with Gasteiger partial charge in [-0.25, -0.2) is 9.18 Å². The van der Waals surface area contributed by atoms with E-state index in [-0.39, 0.29) is 31.8 Å². The number of amides is 5. The Morgan fingerprint density at radius 3 is 2.20 bits per heavy atom. The maximum atomic E-state index is 14.4. The molecule has 0 bridgehead atoms. The number of hydrogen-bond donors (Lipinski definition) is 3. The van der Waals surface area contributed by atoms with Gasteiger partial charge in [0.25, 0.3) is 11.8 Å². The van der Waals surface area contributed by atoms with Crippen LogP contribution < -0.4 is 20.9 Å². The summed E-state index contributed by atoms with van der Waals surface area (Å²) in [6.07, 6.45) is -4.53. The second-order valence-electron chi connectivity index (χ2n) is 11.8. The average molecular weight is 619 g/mol. The molecule has 5 rings (SSSR count). The van der Waals surface area contributed by atoms with Crippen molar-refractivity contribution >= 4 is 35.1 Å². The van der Waals surface area contributed by atoms with Gasteiger partial charge in [0.05, 0.1) is 17.2 Å². The van der Waals surface area contributed by atoms with Crippen molar-refractivity contribution in [1.29, 1.82) is 0 Å². The quantitative estimate of drug-likeness (QED) is 0.324. The number of piperidine rings is 1. The molecule has 3 heterocycles. The Kier molecular flexibility index (Phi) is 8.31. The molecule has 3 aliphatic heterocycles. The highest BCUT2D eigenvalue weighted by atomic mass is 19.4. The maximum Gasteiger partial charge on any atom is 0.416 e. The molecule has 1 spiro atoms. The molecule has 5 amide bonds. The number of carbonyl (C=O) groups is 4. The molecule has 0 aliphatic carbocycles. The van der Waals surface area contributed by atoms with Gasteiger partial charge in [-0.2, -0.15) is 13.2 Å². The molecule has 10 nitrogen and oxygen atoms in total. The molecule has 1 unspecified atom stereocenters. The largest absolute Gasteiger partial charge is 0.416 e. The fourth-order valence-electron chi connectivity index (χ4n) is 5.86. The third-order valence-electron chi connectivity index (χ3n) is 8.55. The van der Waals surface area contributed by atoms with Crippen LogP contribution in [0.25, 0.3) is 0 Å². The van der Waals surface area contributed by atoms with Gasteiger partial charge in [-0.3, -0.25) is 24.2 Å². The molecule has 3 saturated heterocycles. The molecule has 2 aromatic rings. The Hall–Kier alpha value is -4.20. The number of nitrogens with zero attached hydrogens (tertiary/aromatic N) is 3. The van der Waals surface area contributed by atoms with Gasteiger partial charge >= 0.3 is 12.2 Å². The van der Waals surface area contributed by atoms with E-state index in [9.17, 15) is 36.7 Å². The van der Waals surface area contributed by atoms with Crippen LogP contribution in [0.15, 0.2) is 42.5 Å². The lowest BCUT2D eigenvalue weighted by Gasteiger charge is -2.43. The number of halogens is 4. The number of imide groups is 1. The first-order valence-electron chi connectivity index (χ1n) is 14.4. The average Bonchev–Trinajstić information content (AvgIpc) is 3.13. The van der Waals surface area contributed by atoms with Crippen molar-refractivity contribution in [3.63, 3.8) is 0 Å². The van der Waals surface area contributed by atoms with E-state index < -0.39 is 58.5 Å². The minimum atomic E-state index is -4.78. The van der Waals surface area contributed by atoms with Crippen LogP contribution in [-0.4, -0.2) is 84.4 Å². The molecular weight excluding hydrogens is 584 g/mol. The SMILES string of the molecule is CC(C)C(NC(=O)c1cc(C(F)(F)F)ccc1F)C(=O)N1CCC2(CC1)C(=O)N(C)C(=O)N2c1ccc(NC2CNC2)cc1. The van der Waals surface area contributed by atoms with Gasteiger partial charge in [0.15, 0.2) is 0 Å². The van der Waals surface area contributed by atoms with Crippen LogP contribution in [0.4, 0.5) is 33.7 Å². The fraction of sp³-hybridized carbons (Fsp3) is 0.467. The number of benzene rings is 2. The van der Waals surface area contributed by atoms with E-state index in [4.69, 9.17) is 0 Å². The van der Waals surface area contributed by atoms with Crippen molar-refractivity contribution in [3.05, 3.63) is 59.4 Å². The van der Waals surface area contributed by atoms with Gasteiger partial charge in [-0.1, -0.05) is 13.8 Å². The highest BCUT2D eigenvalue weighted by Gasteiger charge is 2.58. The summed E-state index contributed by atoms with van der Waals surface area (Å²) in [5.74, 6) is -3.69. The molecule has 0 saturated carbocycles. The van der Waals surface area contributed by atoms with Crippen LogP contribution in [0, 0.1) is 11.7 Å². The molecule has 44 heavy (non-hydrogen) atoms. The molecule has 0 aromatic heterocycles. The molecule has 3 fully saturated rings. The molecule has 0 radical (unpaired) electrons.